The lowest BCUT2D eigenvalue weighted by Gasteiger charge is -2.05. The molecule has 1 atom stereocenters. The third kappa shape index (κ3) is 4.51. The highest BCUT2D eigenvalue weighted by molar-refractivity contribution is 8.15. The van der Waals surface area contributed by atoms with Gasteiger partial charge in [0.05, 0.1) is 24.8 Å². The van der Waals surface area contributed by atoms with E-state index >= 15 is 0 Å². The Kier molecular flexibility index (Phi) is 5.85. The van der Waals surface area contributed by atoms with Crippen molar-refractivity contribution in [2.75, 3.05) is 6.61 Å². The molecule has 1 unspecified atom stereocenters. The number of nitrogens with zero attached hydrogens (tertiary/aromatic N) is 2. The van der Waals surface area contributed by atoms with Crippen LogP contribution >= 0.6 is 11.8 Å². The highest BCUT2D eigenvalue weighted by Gasteiger charge is 2.32. The monoisotopic (exact) mass is 357 g/mol. The molecule has 0 aliphatic carbocycles. The topological polar surface area (TPSA) is 100 Å². The first-order chi connectivity index (χ1) is 11.4. The van der Waals surface area contributed by atoms with Crippen molar-refractivity contribution in [1.82, 2.24) is 5.32 Å². The van der Waals surface area contributed by atoms with Gasteiger partial charge in [-0.15, -0.1) is 5.10 Å². The second kappa shape index (κ2) is 7.86. The lowest BCUT2D eigenvalue weighted by Crippen LogP contribution is -2.26. The maximum atomic E-state index is 13.8. The number of halogens is 2. The van der Waals surface area contributed by atoms with Gasteiger partial charge in [-0.25, -0.2) is 8.78 Å². The van der Waals surface area contributed by atoms with E-state index in [1.165, 1.54) is 0 Å². The quantitative estimate of drug-likeness (QED) is 0.597. The average molecular weight is 357 g/mol. The minimum atomic E-state index is -1.12. The molecular weight excluding hydrogens is 344 g/mol. The Morgan fingerprint density at radius 1 is 1.46 bits per heavy atom. The van der Waals surface area contributed by atoms with Gasteiger partial charge in [-0.3, -0.25) is 9.59 Å². The molecule has 0 radical (unpaired) electrons. The maximum Gasteiger partial charge on any atom is 0.305 e. The number of benzene rings is 1. The second-order valence-electron chi connectivity index (χ2n) is 4.58. The number of hydrogen-bond donors (Lipinski definition) is 2. The van der Waals surface area contributed by atoms with Gasteiger partial charge in [-0.2, -0.15) is 5.10 Å². The largest absolute Gasteiger partial charge is 0.494 e. The number of hydrogen-bond acceptors (Lipinski definition) is 6. The molecule has 0 bridgehead atoms. The average Bonchev–Trinajstić information content (AvgIpc) is 2.81. The molecule has 2 rings (SSSR count). The molecule has 1 aliphatic rings. The molecule has 1 amide bonds. The molecule has 1 saturated heterocycles. The van der Waals surface area contributed by atoms with Crippen molar-refractivity contribution >= 4 is 35.0 Å². The Labute approximate surface area is 139 Å². The number of carbonyl (C=O) groups is 2. The minimum Gasteiger partial charge on any atom is -0.494 e. The summed E-state index contributed by atoms with van der Waals surface area (Å²) in [4.78, 5) is 22.1. The van der Waals surface area contributed by atoms with Gasteiger partial charge in [-0.05, 0) is 6.92 Å². The summed E-state index contributed by atoms with van der Waals surface area (Å²) in [6.45, 7) is 1.96. The van der Waals surface area contributed by atoms with E-state index in [1.54, 1.807) is 6.92 Å². The molecular formula is C14H13F2N3O4S. The van der Waals surface area contributed by atoms with Crippen LogP contribution in [0.5, 0.6) is 5.75 Å². The number of carbonyl (C=O) groups excluding carboxylic acids is 1. The number of rotatable bonds is 6. The first kappa shape index (κ1) is 17.9. The number of thioether (sulfide) groups is 1. The van der Waals surface area contributed by atoms with Crippen LogP contribution in [0.3, 0.4) is 0 Å². The van der Waals surface area contributed by atoms with E-state index in [2.05, 4.69) is 15.5 Å². The van der Waals surface area contributed by atoms with Crippen LogP contribution in [0.2, 0.25) is 0 Å². The number of carboxylic acid groups (broad SMARTS) is 1. The van der Waals surface area contributed by atoms with Crippen molar-refractivity contribution in [3.63, 3.8) is 0 Å². The molecule has 0 spiro atoms. The van der Waals surface area contributed by atoms with Crippen molar-refractivity contribution in [2.24, 2.45) is 10.2 Å². The number of carboxylic acids is 1. The van der Waals surface area contributed by atoms with Gasteiger partial charge in [0.1, 0.15) is 22.6 Å². The molecule has 1 aromatic rings. The third-order valence-electron chi connectivity index (χ3n) is 2.84. The van der Waals surface area contributed by atoms with E-state index in [0.29, 0.717) is 0 Å². The van der Waals surface area contributed by atoms with Crippen LogP contribution in [-0.2, 0) is 9.59 Å². The summed E-state index contributed by atoms with van der Waals surface area (Å²) in [6, 6.07) is 2.05. The fourth-order valence-electron chi connectivity index (χ4n) is 1.82. The SMILES string of the molecule is CCOc1cc(F)c(C=NN=C2NC(=O)C(CC(=O)O)S2)c(F)c1. The van der Waals surface area contributed by atoms with Gasteiger partial charge in [-0.1, -0.05) is 11.8 Å². The van der Waals surface area contributed by atoms with E-state index in [-0.39, 0.29) is 23.9 Å². The molecule has 1 aliphatic heterocycles. The number of nitrogens with one attached hydrogen (secondary N) is 1. The van der Waals surface area contributed by atoms with Crippen LogP contribution in [0, 0.1) is 11.6 Å². The summed E-state index contributed by atoms with van der Waals surface area (Å²) in [7, 11) is 0. The van der Waals surface area contributed by atoms with Gasteiger partial charge in [0.25, 0.3) is 0 Å². The van der Waals surface area contributed by atoms with Crippen LogP contribution in [0.15, 0.2) is 22.3 Å². The van der Waals surface area contributed by atoms with Gasteiger partial charge >= 0.3 is 5.97 Å². The standard InChI is InChI=1S/C14H13F2N3O4S/c1-2-23-7-3-9(15)8(10(16)4-7)6-17-19-14-18-13(22)11(24-14)5-12(20)21/h3-4,6,11H,2,5H2,1H3,(H,20,21)(H,18,19,22). The molecule has 2 N–H and O–H groups in total. The number of amidine groups is 1. The van der Waals surface area contributed by atoms with Crippen LogP contribution in [-0.4, -0.2) is 40.2 Å². The molecule has 0 aromatic heterocycles. The molecule has 1 fully saturated rings. The highest BCUT2D eigenvalue weighted by Crippen LogP contribution is 2.23. The minimum absolute atomic E-state index is 0.0612. The van der Waals surface area contributed by atoms with E-state index < -0.39 is 34.3 Å². The summed E-state index contributed by atoms with van der Waals surface area (Å²) in [6.07, 6.45) is 0.506. The predicted octanol–water partition coefficient (Wildman–Crippen LogP) is 1.76. The second-order valence-corrected chi connectivity index (χ2v) is 5.77. The van der Waals surface area contributed by atoms with E-state index in [4.69, 9.17) is 9.84 Å². The third-order valence-corrected chi connectivity index (χ3v) is 3.91. The summed E-state index contributed by atoms with van der Waals surface area (Å²) in [5.41, 5.74) is -0.404. The zero-order chi connectivity index (χ0) is 17.7. The van der Waals surface area contributed by atoms with Crippen LogP contribution in [0.25, 0.3) is 0 Å². The number of ether oxygens (including phenoxy) is 1. The fourth-order valence-corrected chi connectivity index (χ4v) is 2.73. The Bertz CT molecular complexity index is 701. The number of amides is 1. The van der Waals surface area contributed by atoms with E-state index in [0.717, 1.165) is 30.1 Å². The van der Waals surface area contributed by atoms with Crippen molar-refractivity contribution in [1.29, 1.82) is 0 Å². The summed E-state index contributed by atoms with van der Waals surface area (Å²) in [5, 5.41) is 17.4. The van der Waals surface area contributed by atoms with Crippen LogP contribution < -0.4 is 10.1 Å². The van der Waals surface area contributed by atoms with Crippen molar-refractivity contribution in [3.8, 4) is 5.75 Å². The predicted molar refractivity (Wildman–Crippen MR) is 84.3 cm³/mol. The molecule has 10 heteroatoms. The Hall–Kier alpha value is -2.49. The summed E-state index contributed by atoms with van der Waals surface area (Å²) in [5.74, 6) is -3.30. The molecule has 128 valence electrons. The zero-order valence-electron chi connectivity index (χ0n) is 12.5. The highest BCUT2D eigenvalue weighted by atomic mass is 32.2. The Balaban J connectivity index is 2.09. The maximum absolute atomic E-state index is 13.8. The van der Waals surface area contributed by atoms with E-state index in [1.807, 2.05) is 0 Å². The summed E-state index contributed by atoms with van der Waals surface area (Å²) >= 11 is 0.887. The number of aliphatic carboxylic acids is 1. The molecule has 1 heterocycles. The fraction of sp³-hybridized carbons (Fsp3) is 0.286. The smallest absolute Gasteiger partial charge is 0.305 e. The Morgan fingerprint density at radius 2 is 2.12 bits per heavy atom. The first-order valence-corrected chi connectivity index (χ1v) is 7.70. The van der Waals surface area contributed by atoms with Gasteiger partial charge < -0.3 is 15.2 Å². The van der Waals surface area contributed by atoms with Crippen LogP contribution in [0.4, 0.5) is 8.78 Å². The normalized spacial score (nSPS) is 19.0. The molecule has 0 saturated carbocycles. The molecule has 7 nitrogen and oxygen atoms in total. The summed E-state index contributed by atoms with van der Waals surface area (Å²) < 4.78 is 32.6. The van der Waals surface area contributed by atoms with Gasteiger partial charge in [0.15, 0.2) is 5.17 Å². The van der Waals surface area contributed by atoms with Crippen molar-refractivity contribution < 1.29 is 28.2 Å². The van der Waals surface area contributed by atoms with Crippen molar-refractivity contribution in [3.05, 3.63) is 29.3 Å². The molecule has 1 aromatic carbocycles. The molecule has 24 heavy (non-hydrogen) atoms. The van der Waals surface area contributed by atoms with Crippen LogP contribution in [0.1, 0.15) is 18.9 Å². The van der Waals surface area contributed by atoms with Gasteiger partial charge in [0, 0.05) is 12.1 Å². The lowest BCUT2D eigenvalue weighted by molar-refractivity contribution is -0.138. The van der Waals surface area contributed by atoms with E-state index in [9.17, 15) is 18.4 Å². The lowest BCUT2D eigenvalue weighted by atomic mass is 10.2. The van der Waals surface area contributed by atoms with Gasteiger partial charge in [0.2, 0.25) is 5.91 Å². The first-order valence-electron chi connectivity index (χ1n) is 6.83. The van der Waals surface area contributed by atoms with Crippen molar-refractivity contribution in [2.45, 2.75) is 18.6 Å². The Morgan fingerprint density at radius 3 is 2.71 bits per heavy atom. The zero-order valence-corrected chi connectivity index (χ0v) is 13.3.